The molecule has 7 nitrogen and oxygen atoms in total. The van der Waals surface area contributed by atoms with E-state index in [0.29, 0.717) is 12.2 Å². The standard InChI is InChI=1S/C25H31N5O2/c1-3-29-10-6-19(7-11-29)9-15-32-22-5-4-20(16-18(22)2)24-21-8-12-30(13-14-31)25(21)28-23(17-26)27-24/h4-5,8,12,16,19,31H,3,6-7,9-11,13-15H2,1-2H3. The van der Waals surface area contributed by atoms with Gasteiger partial charge in [0, 0.05) is 23.7 Å². The normalized spacial score (nSPS) is 15.2. The second kappa shape index (κ2) is 10.1. The maximum absolute atomic E-state index is 9.40. The summed E-state index contributed by atoms with van der Waals surface area (Å²) in [5, 5.41) is 19.6. The van der Waals surface area contributed by atoms with Crippen LogP contribution in [0.2, 0.25) is 0 Å². The van der Waals surface area contributed by atoms with Crippen LogP contribution in [0.25, 0.3) is 22.3 Å². The monoisotopic (exact) mass is 433 g/mol. The average Bonchev–Trinajstić information content (AvgIpc) is 3.23. The molecule has 3 aromatic rings. The Labute approximate surface area is 189 Å². The highest BCUT2D eigenvalue weighted by Crippen LogP contribution is 2.31. The van der Waals surface area contributed by atoms with Crippen LogP contribution in [0.3, 0.4) is 0 Å². The predicted molar refractivity (Wildman–Crippen MR) is 124 cm³/mol. The molecule has 1 aliphatic rings. The molecule has 7 heteroatoms. The zero-order chi connectivity index (χ0) is 22.5. The summed E-state index contributed by atoms with van der Waals surface area (Å²) in [7, 11) is 0. The molecule has 0 bridgehead atoms. The molecule has 0 radical (unpaired) electrons. The van der Waals surface area contributed by atoms with Crippen LogP contribution in [0.4, 0.5) is 0 Å². The third kappa shape index (κ3) is 4.77. The van der Waals surface area contributed by atoms with Crippen LogP contribution in [0, 0.1) is 24.2 Å². The van der Waals surface area contributed by atoms with Gasteiger partial charge in [-0.15, -0.1) is 0 Å². The molecule has 0 amide bonds. The Morgan fingerprint density at radius 2 is 2.03 bits per heavy atom. The summed E-state index contributed by atoms with van der Waals surface area (Å²) >= 11 is 0. The van der Waals surface area contributed by atoms with Crippen LogP contribution in [0.15, 0.2) is 30.5 Å². The maximum atomic E-state index is 9.40. The molecule has 2 aromatic heterocycles. The summed E-state index contributed by atoms with van der Waals surface area (Å²) in [6, 6.07) is 10.0. The summed E-state index contributed by atoms with van der Waals surface area (Å²) in [5.74, 6) is 1.76. The molecular weight excluding hydrogens is 402 g/mol. The second-order valence-electron chi connectivity index (χ2n) is 8.47. The lowest BCUT2D eigenvalue weighted by atomic mass is 9.94. The number of benzene rings is 1. The van der Waals surface area contributed by atoms with E-state index in [-0.39, 0.29) is 12.4 Å². The summed E-state index contributed by atoms with van der Waals surface area (Å²) in [6.07, 6.45) is 5.48. The first-order valence-corrected chi connectivity index (χ1v) is 11.5. The van der Waals surface area contributed by atoms with Crippen LogP contribution >= 0.6 is 0 Å². The van der Waals surface area contributed by atoms with Gasteiger partial charge in [-0.2, -0.15) is 5.26 Å². The number of rotatable bonds is 8. The van der Waals surface area contributed by atoms with Crippen molar-refractivity contribution in [2.45, 2.75) is 39.7 Å². The van der Waals surface area contributed by atoms with Crippen molar-refractivity contribution in [2.75, 3.05) is 32.8 Å². The van der Waals surface area contributed by atoms with Gasteiger partial charge in [0.25, 0.3) is 0 Å². The first-order valence-electron chi connectivity index (χ1n) is 11.5. The Balaban J connectivity index is 1.49. The van der Waals surface area contributed by atoms with Gasteiger partial charge in [-0.3, -0.25) is 0 Å². The van der Waals surface area contributed by atoms with E-state index in [1.165, 1.54) is 25.9 Å². The zero-order valence-electron chi connectivity index (χ0n) is 18.9. The predicted octanol–water partition coefficient (Wildman–Crippen LogP) is 3.77. The molecule has 0 spiro atoms. The van der Waals surface area contributed by atoms with Gasteiger partial charge in [-0.1, -0.05) is 6.92 Å². The van der Waals surface area contributed by atoms with Crippen molar-refractivity contribution < 1.29 is 9.84 Å². The molecule has 1 aromatic carbocycles. The van der Waals surface area contributed by atoms with Crippen molar-refractivity contribution in [1.82, 2.24) is 19.4 Å². The van der Waals surface area contributed by atoms with Gasteiger partial charge in [0.2, 0.25) is 5.82 Å². The SMILES string of the molecule is CCN1CCC(CCOc2ccc(-c3nc(C#N)nc4c3ccn4CCO)cc2C)CC1. The number of likely N-dealkylation sites (tertiary alicyclic amines) is 1. The van der Waals surface area contributed by atoms with Crippen molar-refractivity contribution in [2.24, 2.45) is 5.92 Å². The minimum absolute atomic E-state index is 0.00780. The van der Waals surface area contributed by atoms with Crippen molar-refractivity contribution in [3.05, 3.63) is 41.9 Å². The Kier molecular flexibility index (Phi) is 7.03. The smallest absolute Gasteiger partial charge is 0.234 e. The van der Waals surface area contributed by atoms with E-state index in [9.17, 15) is 10.4 Å². The number of fused-ring (bicyclic) bond motifs is 1. The molecule has 0 atom stereocenters. The number of aliphatic hydroxyl groups excluding tert-OH is 1. The molecule has 168 valence electrons. The van der Waals surface area contributed by atoms with Gasteiger partial charge in [0.05, 0.1) is 18.9 Å². The topological polar surface area (TPSA) is 87.2 Å². The second-order valence-corrected chi connectivity index (χ2v) is 8.47. The molecule has 0 aliphatic carbocycles. The zero-order valence-corrected chi connectivity index (χ0v) is 18.9. The number of aromatic nitrogens is 3. The summed E-state index contributed by atoms with van der Waals surface area (Å²) in [6.45, 7) is 8.99. The van der Waals surface area contributed by atoms with Crippen molar-refractivity contribution in [1.29, 1.82) is 5.26 Å². The van der Waals surface area contributed by atoms with Crippen LogP contribution in [0.1, 0.15) is 37.6 Å². The largest absolute Gasteiger partial charge is 0.493 e. The molecule has 1 N–H and O–H groups in total. The quantitative estimate of drug-likeness (QED) is 0.582. The lowest BCUT2D eigenvalue weighted by Gasteiger charge is -2.30. The van der Waals surface area contributed by atoms with E-state index in [2.05, 4.69) is 33.9 Å². The Hall–Kier alpha value is -2.95. The van der Waals surface area contributed by atoms with Crippen LogP contribution < -0.4 is 4.74 Å². The fraction of sp³-hybridized carbons (Fsp3) is 0.480. The van der Waals surface area contributed by atoms with Crippen molar-refractivity contribution in [3.8, 4) is 23.1 Å². The molecule has 0 saturated carbocycles. The van der Waals surface area contributed by atoms with E-state index in [4.69, 9.17) is 4.74 Å². The molecule has 3 heterocycles. The molecule has 0 unspecified atom stereocenters. The fourth-order valence-corrected chi connectivity index (χ4v) is 4.51. The van der Waals surface area contributed by atoms with E-state index in [1.54, 1.807) is 0 Å². The number of aryl methyl sites for hydroxylation is 1. The van der Waals surface area contributed by atoms with Crippen molar-refractivity contribution in [3.63, 3.8) is 0 Å². The number of nitriles is 1. The summed E-state index contributed by atoms with van der Waals surface area (Å²) in [5.41, 5.74) is 3.35. The Morgan fingerprint density at radius 1 is 1.22 bits per heavy atom. The summed E-state index contributed by atoms with van der Waals surface area (Å²) in [4.78, 5) is 11.3. The van der Waals surface area contributed by atoms with Gasteiger partial charge in [-0.05, 0) is 81.6 Å². The fourth-order valence-electron chi connectivity index (χ4n) is 4.51. The number of piperidine rings is 1. The van der Waals surface area contributed by atoms with E-state index < -0.39 is 0 Å². The average molecular weight is 434 g/mol. The van der Waals surface area contributed by atoms with Gasteiger partial charge >= 0.3 is 0 Å². The lowest BCUT2D eigenvalue weighted by molar-refractivity contribution is 0.169. The Bertz CT molecular complexity index is 1110. The highest BCUT2D eigenvalue weighted by atomic mass is 16.5. The Morgan fingerprint density at radius 3 is 2.72 bits per heavy atom. The van der Waals surface area contributed by atoms with Gasteiger partial charge in [-0.25, -0.2) is 9.97 Å². The molecular formula is C25H31N5O2. The molecule has 1 aliphatic heterocycles. The maximum Gasteiger partial charge on any atom is 0.234 e. The first kappa shape index (κ1) is 22.3. The van der Waals surface area contributed by atoms with Crippen LogP contribution in [0.5, 0.6) is 5.75 Å². The van der Waals surface area contributed by atoms with Gasteiger partial charge in [0.15, 0.2) is 0 Å². The van der Waals surface area contributed by atoms with E-state index in [0.717, 1.165) is 53.4 Å². The molecule has 4 rings (SSSR count). The molecule has 1 saturated heterocycles. The van der Waals surface area contributed by atoms with E-state index >= 15 is 0 Å². The van der Waals surface area contributed by atoms with Crippen LogP contribution in [-0.4, -0.2) is 57.4 Å². The lowest BCUT2D eigenvalue weighted by Crippen LogP contribution is -2.33. The number of hydrogen-bond donors (Lipinski definition) is 1. The minimum atomic E-state index is 0.00780. The third-order valence-corrected chi connectivity index (χ3v) is 6.45. The number of aliphatic hydroxyl groups is 1. The van der Waals surface area contributed by atoms with Crippen LogP contribution in [-0.2, 0) is 6.54 Å². The minimum Gasteiger partial charge on any atom is -0.493 e. The van der Waals surface area contributed by atoms with E-state index in [1.807, 2.05) is 35.9 Å². The highest BCUT2D eigenvalue weighted by molar-refractivity contribution is 5.91. The van der Waals surface area contributed by atoms with Gasteiger partial charge < -0.3 is 19.3 Å². The molecule has 32 heavy (non-hydrogen) atoms. The van der Waals surface area contributed by atoms with Gasteiger partial charge in [0.1, 0.15) is 17.5 Å². The van der Waals surface area contributed by atoms with Crippen molar-refractivity contribution >= 4 is 11.0 Å². The summed E-state index contributed by atoms with van der Waals surface area (Å²) < 4.78 is 7.97. The number of nitrogens with zero attached hydrogens (tertiary/aromatic N) is 5. The first-order chi connectivity index (χ1) is 15.6. The highest BCUT2D eigenvalue weighted by Gasteiger charge is 2.18. The number of hydrogen-bond acceptors (Lipinski definition) is 6. The third-order valence-electron chi connectivity index (χ3n) is 6.45. The molecule has 1 fully saturated rings. The number of ether oxygens (including phenoxy) is 1.